The monoisotopic (exact) mass is 488 g/mol. The van der Waals surface area contributed by atoms with Gasteiger partial charge in [-0.05, 0) is 79.1 Å². The molecule has 168 valence electrons. The quantitative estimate of drug-likeness (QED) is 0.429. The zero-order valence-corrected chi connectivity index (χ0v) is 20.2. The minimum Gasteiger partial charge on any atom is -0.369 e. The number of nitrogens with zero attached hydrogens (tertiary/aromatic N) is 2. The molecule has 4 rings (SSSR count). The highest BCUT2D eigenvalue weighted by molar-refractivity contribution is 7.80. The van der Waals surface area contributed by atoms with Crippen LogP contribution >= 0.6 is 35.2 Å². The van der Waals surface area contributed by atoms with Crippen LogP contribution in [0.25, 0.3) is 0 Å². The summed E-state index contributed by atoms with van der Waals surface area (Å²) in [5.74, 6) is -0.201. The lowest BCUT2D eigenvalue weighted by molar-refractivity contribution is 0.163. The van der Waals surface area contributed by atoms with E-state index in [1.54, 1.807) is 11.3 Å². The molecule has 0 saturated carbocycles. The average molecular weight is 489 g/mol. The standard InChI is InChI=1S/C24H26ClFN4S2/c1-17(27-24(31)28-20-8-4-18(25)5-9-20)23(22-3-2-16-32-22)30-14-12-29(13-15-30)21-10-6-19(26)7-11-21/h2-11,16-17,23H,12-15H2,1H3,(H2,27,28,31)/t17-,23-/m0/s1. The Kier molecular flexibility index (Phi) is 7.63. The molecule has 1 aliphatic heterocycles. The van der Waals surface area contributed by atoms with E-state index >= 15 is 0 Å². The lowest BCUT2D eigenvalue weighted by atomic mass is 10.0. The summed E-state index contributed by atoms with van der Waals surface area (Å²) in [7, 11) is 0. The SMILES string of the molecule is C[C@H](NC(=S)Nc1ccc(Cl)cc1)[C@@H](c1cccs1)N1CCN(c2ccc(F)cc2)CC1. The van der Waals surface area contributed by atoms with Gasteiger partial charge in [-0.1, -0.05) is 17.7 Å². The van der Waals surface area contributed by atoms with Crippen LogP contribution < -0.4 is 15.5 Å². The number of piperazine rings is 1. The van der Waals surface area contributed by atoms with Crippen LogP contribution in [0.3, 0.4) is 0 Å². The Bertz CT molecular complexity index is 1000. The highest BCUT2D eigenvalue weighted by Crippen LogP contribution is 2.30. The molecule has 3 aromatic rings. The van der Waals surface area contributed by atoms with Gasteiger partial charge in [-0.2, -0.15) is 0 Å². The van der Waals surface area contributed by atoms with Crippen LogP contribution in [0.4, 0.5) is 15.8 Å². The van der Waals surface area contributed by atoms with Gasteiger partial charge < -0.3 is 15.5 Å². The van der Waals surface area contributed by atoms with Crippen molar-refractivity contribution in [3.63, 3.8) is 0 Å². The number of rotatable bonds is 6. The smallest absolute Gasteiger partial charge is 0.171 e. The van der Waals surface area contributed by atoms with Crippen molar-refractivity contribution in [3.8, 4) is 0 Å². The predicted octanol–water partition coefficient (Wildman–Crippen LogP) is 5.78. The first-order chi connectivity index (χ1) is 15.5. The third-order valence-electron chi connectivity index (χ3n) is 5.67. The number of benzene rings is 2. The van der Waals surface area contributed by atoms with E-state index in [-0.39, 0.29) is 17.9 Å². The summed E-state index contributed by atoms with van der Waals surface area (Å²) in [4.78, 5) is 6.13. The van der Waals surface area contributed by atoms with Gasteiger partial charge in [0.05, 0.1) is 6.04 Å². The van der Waals surface area contributed by atoms with Crippen LogP contribution in [0.5, 0.6) is 0 Å². The Labute approximate surface area is 203 Å². The lowest BCUT2D eigenvalue weighted by Crippen LogP contribution is -2.52. The molecule has 1 fully saturated rings. The predicted molar refractivity (Wildman–Crippen MR) is 138 cm³/mol. The highest BCUT2D eigenvalue weighted by Gasteiger charge is 2.30. The Balaban J connectivity index is 1.40. The van der Waals surface area contributed by atoms with Crippen LogP contribution in [0.2, 0.25) is 5.02 Å². The Morgan fingerprint density at radius 3 is 2.34 bits per heavy atom. The van der Waals surface area contributed by atoms with Gasteiger partial charge in [-0.25, -0.2) is 4.39 Å². The number of hydrogen-bond donors (Lipinski definition) is 2. The third-order valence-corrected chi connectivity index (χ3v) is 7.08. The highest BCUT2D eigenvalue weighted by atomic mass is 35.5. The molecular weight excluding hydrogens is 463 g/mol. The molecule has 0 unspecified atom stereocenters. The molecule has 2 heterocycles. The fourth-order valence-corrected chi connectivity index (χ4v) is 5.49. The van der Waals surface area contributed by atoms with E-state index in [0.717, 1.165) is 37.6 Å². The maximum absolute atomic E-state index is 13.3. The molecule has 0 amide bonds. The Morgan fingerprint density at radius 2 is 1.72 bits per heavy atom. The van der Waals surface area contributed by atoms with Crippen LogP contribution in [0.15, 0.2) is 66.0 Å². The number of anilines is 2. The molecule has 1 saturated heterocycles. The Hall–Kier alpha value is -2.19. The molecule has 32 heavy (non-hydrogen) atoms. The molecule has 8 heteroatoms. The molecule has 0 aliphatic carbocycles. The normalized spacial score (nSPS) is 16.4. The van der Waals surface area contributed by atoms with E-state index in [1.807, 2.05) is 36.4 Å². The van der Waals surface area contributed by atoms with E-state index in [4.69, 9.17) is 23.8 Å². The summed E-state index contributed by atoms with van der Waals surface area (Å²) in [6.07, 6.45) is 0. The average Bonchev–Trinajstić information content (AvgIpc) is 3.31. The second-order valence-corrected chi connectivity index (χ2v) is 9.68. The van der Waals surface area contributed by atoms with E-state index in [2.05, 4.69) is 44.9 Å². The summed E-state index contributed by atoms with van der Waals surface area (Å²) >= 11 is 13.3. The third kappa shape index (κ3) is 5.78. The summed E-state index contributed by atoms with van der Waals surface area (Å²) in [5, 5.41) is 10.1. The van der Waals surface area contributed by atoms with Crippen molar-refractivity contribution in [3.05, 3.63) is 81.8 Å². The summed E-state index contributed by atoms with van der Waals surface area (Å²) in [6, 6.07) is 18.9. The van der Waals surface area contributed by atoms with Crippen LogP contribution in [0, 0.1) is 5.82 Å². The maximum atomic E-state index is 13.3. The number of thiophene rings is 1. The van der Waals surface area contributed by atoms with Crippen molar-refractivity contribution >= 4 is 51.6 Å². The first kappa shape index (κ1) is 23.0. The van der Waals surface area contributed by atoms with Gasteiger partial charge in [0.15, 0.2) is 5.11 Å². The number of hydrogen-bond acceptors (Lipinski definition) is 4. The van der Waals surface area contributed by atoms with E-state index in [9.17, 15) is 4.39 Å². The van der Waals surface area contributed by atoms with Crippen molar-refractivity contribution in [1.29, 1.82) is 0 Å². The van der Waals surface area contributed by atoms with Crippen molar-refractivity contribution in [2.75, 3.05) is 36.4 Å². The number of thiocarbonyl (C=S) groups is 1. The zero-order valence-electron chi connectivity index (χ0n) is 17.8. The van der Waals surface area contributed by atoms with Gasteiger partial charge in [-0.15, -0.1) is 11.3 Å². The van der Waals surface area contributed by atoms with E-state index in [0.29, 0.717) is 10.1 Å². The van der Waals surface area contributed by atoms with Gasteiger partial charge in [0.1, 0.15) is 5.82 Å². The molecule has 0 spiro atoms. The molecule has 2 N–H and O–H groups in total. The minimum atomic E-state index is -0.201. The maximum Gasteiger partial charge on any atom is 0.171 e. The van der Waals surface area contributed by atoms with Crippen LogP contribution in [-0.4, -0.2) is 42.2 Å². The van der Waals surface area contributed by atoms with Gasteiger partial charge in [0.2, 0.25) is 0 Å². The zero-order chi connectivity index (χ0) is 22.5. The van der Waals surface area contributed by atoms with Crippen molar-refractivity contribution in [2.24, 2.45) is 0 Å². The first-order valence-electron chi connectivity index (χ1n) is 10.6. The van der Waals surface area contributed by atoms with E-state index < -0.39 is 0 Å². The van der Waals surface area contributed by atoms with E-state index in [1.165, 1.54) is 17.0 Å². The molecule has 0 bridgehead atoms. The summed E-state index contributed by atoms with van der Waals surface area (Å²) in [5.41, 5.74) is 1.97. The van der Waals surface area contributed by atoms with Crippen molar-refractivity contribution in [2.45, 2.75) is 19.0 Å². The molecule has 2 aromatic carbocycles. The minimum absolute atomic E-state index is 0.110. The topological polar surface area (TPSA) is 30.5 Å². The molecule has 1 aromatic heterocycles. The number of halogens is 2. The van der Waals surface area contributed by atoms with Crippen LogP contribution in [-0.2, 0) is 0 Å². The van der Waals surface area contributed by atoms with Gasteiger partial charge in [-0.3, -0.25) is 4.90 Å². The summed E-state index contributed by atoms with van der Waals surface area (Å²) in [6.45, 7) is 5.81. The molecular formula is C24H26ClFN4S2. The van der Waals surface area contributed by atoms with Gasteiger partial charge >= 0.3 is 0 Å². The fourth-order valence-electron chi connectivity index (χ4n) is 4.10. The lowest BCUT2D eigenvalue weighted by Gasteiger charge is -2.42. The van der Waals surface area contributed by atoms with Gasteiger partial charge in [0, 0.05) is 53.5 Å². The van der Waals surface area contributed by atoms with Crippen molar-refractivity contribution < 1.29 is 4.39 Å². The first-order valence-corrected chi connectivity index (χ1v) is 12.3. The molecule has 1 aliphatic rings. The number of nitrogens with one attached hydrogen (secondary N) is 2. The molecule has 2 atom stereocenters. The molecule has 4 nitrogen and oxygen atoms in total. The molecule has 0 radical (unpaired) electrons. The van der Waals surface area contributed by atoms with Crippen molar-refractivity contribution in [1.82, 2.24) is 10.2 Å². The second-order valence-electron chi connectivity index (χ2n) is 7.85. The Morgan fingerprint density at radius 1 is 1.03 bits per heavy atom. The summed E-state index contributed by atoms with van der Waals surface area (Å²) < 4.78 is 13.3. The van der Waals surface area contributed by atoms with Gasteiger partial charge in [0.25, 0.3) is 0 Å². The van der Waals surface area contributed by atoms with Crippen LogP contribution in [0.1, 0.15) is 17.8 Å². The fraction of sp³-hybridized carbons (Fsp3) is 0.292. The largest absolute Gasteiger partial charge is 0.369 e. The second kappa shape index (κ2) is 10.6.